The third-order valence-corrected chi connectivity index (χ3v) is 4.99. The summed E-state index contributed by atoms with van der Waals surface area (Å²) >= 11 is 0. The Morgan fingerprint density at radius 3 is 2.73 bits per heavy atom. The minimum absolute atomic E-state index is 0.0271. The lowest BCUT2D eigenvalue weighted by Gasteiger charge is -2.27. The predicted octanol–water partition coefficient (Wildman–Crippen LogP) is 4.63. The van der Waals surface area contributed by atoms with Gasteiger partial charge in [-0.05, 0) is 37.1 Å². The molecule has 1 heterocycles. The molecule has 0 aliphatic carbocycles. The maximum Gasteiger partial charge on any atom is 0.246 e. The number of aromatic nitrogens is 2. The zero-order valence-electron chi connectivity index (χ0n) is 17.6. The second kappa shape index (κ2) is 10.4. The maximum absolute atomic E-state index is 12.8. The molecule has 1 atom stereocenters. The van der Waals surface area contributed by atoms with Gasteiger partial charge in [-0.3, -0.25) is 4.79 Å². The van der Waals surface area contributed by atoms with E-state index >= 15 is 0 Å². The van der Waals surface area contributed by atoms with Crippen molar-refractivity contribution in [3.8, 4) is 17.1 Å². The number of benzene rings is 2. The molecule has 0 aliphatic rings. The van der Waals surface area contributed by atoms with Gasteiger partial charge in [-0.2, -0.15) is 4.98 Å². The second-order valence-electron chi connectivity index (χ2n) is 7.03. The molecular formula is C24H27N3O3. The number of rotatable bonds is 9. The van der Waals surface area contributed by atoms with Crippen molar-refractivity contribution < 1.29 is 14.1 Å². The smallest absolute Gasteiger partial charge is 0.246 e. The zero-order chi connectivity index (χ0) is 21.3. The van der Waals surface area contributed by atoms with Crippen molar-refractivity contribution in [2.75, 3.05) is 13.7 Å². The van der Waals surface area contributed by atoms with Crippen LogP contribution in [0.2, 0.25) is 0 Å². The molecule has 1 aromatic heterocycles. The van der Waals surface area contributed by atoms with Gasteiger partial charge in [-0.25, -0.2) is 0 Å². The van der Waals surface area contributed by atoms with Crippen LogP contribution in [0.1, 0.15) is 31.7 Å². The van der Waals surface area contributed by atoms with Crippen molar-refractivity contribution in [2.45, 2.75) is 32.7 Å². The standard InChI is InChI=1S/C24H27N3O3/c1-4-18(2)27(23(28)14-13-19-9-6-5-7-10-19)16-15-22-25-24(26-30-22)20-11-8-12-21(17-20)29-3/h5-14,17-18H,4,15-16H2,1-3H3/b14-13+/t18-/m1/s1. The molecule has 0 saturated heterocycles. The van der Waals surface area contributed by atoms with E-state index in [1.165, 1.54) is 0 Å². The van der Waals surface area contributed by atoms with Crippen molar-refractivity contribution in [1.82, 2.24) is 15.0 Å². The first-order valence-electron chi connectivity index (χ1n) is 10.1. The number of amides is 1. The average Bonchev–Trinajstić information content (AvgIpc) is 3.27. The molecule has 0 fully saturated rings. The number of nitrogens with zero attached hydrogens (tertiary/aromatic N) is 3. The minimum Gasteiger partial charge on any atom is -0.497 e. The van der Waals surface area contributed by atoms with Crippen LogP contribution in [0.15, 0.2) is 65.2 Å². The number of ether oxygens (including phenoxy) is 1. The summed E-state index contributed by atoms with van der Waals surface area (Å²) < 4.78 is 10.7. The van der Waals surface area contributed by atoms with Gasteiger partial charge >= 0.3 is 0 Å². The van der Waals surface area contributed by atoms with E-state index in [0.29, 0.717) is 24.7 Å². The van der Waals surface area contributed by atoms with Gasteiger partial charge in [0.2, 0.25) is 17.6 Å². The molecule has 0 spiro atoms. The van der Waals surface area contributed by atoms with Gasteiger partial charge in [0.15, 0.2) is 0 Å². The molecule has 156 valence electrons. The molecule has 30 heavy (non-hydrogen) atoms. The molecule has 1 amide bonds. The lowest BCUT2D eigenvalue weighted by Crippen LogP contribution is -2.38. The second-order valence-corrected chi connectivity index (χ2v) is 7.03. The van der Waals surface area contributed by atoms with Crippen LogP contribution < -0.4 is 4.74 Å². The van der Waals surface area contributed by atoms with Crippen LogP contribution >= 0.6 is 0 Å². The van der Waals surface area contributed by atoms with E-state index in [2.05, 4.69) is 17.1 Å². The third kappa shape index (κ3) is 5.56. The summed E-state index contributed by atoms with van der Waals surface area (Å²) in [5, 5.41) is 4.07. The van der Waals surface area contributed by atoms with E-state index in [-0.39, 0.29) is 11.9 Å². The first-order valence-corrected chi connectivity index (χ1v) is 10.1. The number of carbonyl (C=O) groups is 1. The quantitative estimate of drug-likeness (QED) is 0.486. The van der Waals surface area contributed by atoms with Crippen molar-refractivity contribution in [3.05, 3.63) is 72.1 Å². The van der Waals surface area contributed by atoms with Gasteiger partial charge in [-0.15, -0.1) is 0 Å². The SMILES string of the molecule is CC[C@@H](C)N(CCc1nc(-c2cccc(OC)c2)no1)C(=O)/C=C/c1ccccc1. The van der Waals surface area contributed by atoms with Crippen molar-refractivity contribution >= 4 is 12.0 Å². The van der Waals surface area contributed by atoms with E-state index in [1.54, 1.807) is 13.2 Å². The van der Waals surface area contributed by atoms with E-state index in [1.807, 2.05) is 72.5 Å². The van der Waals surface area contributed by atoms with Crippen LogP contribution in [0.4, 0.5) is 0 Å². The molecule has 0 aliphatic heterocycles. The van der Waals surface area contributed by atoms with E-state index in [9.17, 15) is 4.79 Å². The van der Waals surface area contributed by atoms with Crippen LogP contribution in [0.3, 0.4) is 0 Å². The molecule has 0 unspecified atom stereocenters. The molecule has 3 rings (SSSR count). The fraction of sp³-hybridized carbons (Fsp3) is 0.292. The van der Waals surface area contributed by atoms with Crippen molar-refractivity contribution in [3.63, 3.8) is 0 Å². The fourth-order valence-corrected chi connectivity index (χ4v) is 3.05. The van der Waals surface area contributed by atoms with E-state index in [0.717, 1.165) is 23.3 Å². The topological polar surface area (TPSA) is 68.5 Å². The molecular weight excluding hydrogens is 378 g/mol. The normalized spacial score (nSPS) is 12.1. The zero-order valence-corrected chi connectivity index (χ0v) is 17.6. The Balaban J connectivity index is 1.67. The maximum atomic E-state index is 12.8. The van der Waals surface area contributed by atoms with Gasteiger partial charge in [0.05, 0.1) is 7.11 Å². The molecule has 0 bridgehead atoms. The van der Waals surface area contributed by atoms with Crippen molar-refractivity contribution in [2.24, 2.45) is 0 Å². The lowest BCUT2D eigenvalue weighted by atomic mass is 10.1. The van der Waals surface area contributed by atoms with Gasteiger partial charge < -0.3 is 14.2 Å². The van der Waals surface area contributed by atoms with Gasteiger partial charge in [0.25, 0.3) is 0 Å². The molecule has 0 radical (unpaired) electrons. The highest BCUT2D eigenvalue weighted by molar-refractivity contribution is 5.92. The van der Waals surface area contributed by atoms with Gasteiger partial charge in [0, 0.05) is 30.6 Å². The minimum atomic E-state index is -0.0271. The molecule has 3 aromatic rings. The lowest BCUT2D eigenvalue weighted by molar-refractivity contribution is -0.128. The molecule has 6 heteroatoms. The summed E-state index contributed by atoms with van der Waals surface area (Å²) in [6.07, 6.45) is 4.82. The monoisotopic (exact) mass is 405 g/mol. The largest absolute Gasteiger partial charge is 0.497 e. The summed E-state index contributed by atoms with van der Waals surface area (Å²) in [6.45, 7) is 4.62. The van der Waals surface area contributed by atoms with Crippen LogP contribution in [0, 0.1) is 0 Å². The molecule has 0 N–H and O–H groups in total. The van der Waals surface area contributed by atoms with Crippen molar-refractivity contribution in [1.29, 1.82) is 0 Å². The van der Waals surface area contributed by atoms with Gasteiger partial charge in [0.1, 0.15) is 5.75 Å². The Hall–Kier alpha value is -3.41. The molecule has 6 nitrogen and oxygen atoms in total. The van der Waals surface area contributed by atoms with Crippen LogP contribution in [-0.4, -0.2) is 40.6 Å². The Bertz CT molecular complexity index is 982. The molecule has 0 saturated carbocycles. The van der Waals surface area contributed by atoms with Gasteiger partial charge in [-0.1, -0.05) is 54.5 Å². The van der Waals surface area contributed by atoms with Crippen LogP contribution in [0.25, 0.3) is 17.5 Å². The summed E-state index contributed by atoms with van der Waals surface area (Å²) in [5.74, 6) is 1.72. The Morgan fingerprint density at radius 2 is 2.00 bits per heavy atom. The number of hydrogen-bond donors (Lipinski definition) is 0. The summed E-state index contributed by atoms with van der Waals surface area (Å²) in [5.41, 5.74) is 1.82. The Labute approximate surface area is 177 Å². The Kier molecular flexibility index (Phi) is 7.38. The number of hydrogen-bond acceptors (Lipinski definition) is 5. The highest BCUT2D eigenvalue weighted by Crippen LogP contribution is 2.21. The predicted molar refractivity (Wildman–Crippen MR) is 117 cm³/mol. The Morgan fingerprint density at radius 1 is 1.20 bits per heavy atom. The van der Waals surface area contributed by atoms with E-state index in [4.69, 9.17) is 9.26 Å². The number of methoxy groups -OCH3 is 1. The van der Waals surface area contributed by atoms with E-state index < -0.39 is 0 Å². The number of carbonyl (C=O) groups excluding carboxylic acids is 1. The highest BCUT2D eigenvalue weighted by Gasteiger charge is 2.18. The van der Waals surface area contributed by atoms with Crippen LogP contribution in [-0.2, 0) is 11.2 Å². The summed E-state index contributed by atoms with van der Waals surface area (Å²) in [6, 6.07) is 17.4. The first kappa shape index (κ1) is 21.3. The average molecular weight is 405 g/mol. The highest BCUT2D eigenvalue weighted by atomic mass is 16.5. The van der Waals surface area contributed by atoms with Crippen LogP contribution in [0.5, 0.6) is 5.75 Å². The molecule has 2 aromatic carbocycles. The first-order chi connectivity index (χ1) is 14.6. The summed E-state index contributed by atoms with van der Waals surface area (Å²) in [4.78, 5) is 19.1. The third-order valence-electron chi connectivity index (χ3n) is 4.99. The summed E-state index contributed by atoms with van der Waals surface area (Å²) in [7, 11) is 1.62. The fourth-order valence-electron chi connectivity index (χ4n) is 3.05.